The molecule has 1 heterocycles. The van der Waals surface area contributed by atoms with Gasteiger partial charge in [-0.25, -0.2) is 9.18 Å². The van der Waals surface area contributed by atoms with Crippen molar-refractivity contribution in [2.45, 2.75) is 37.7 Å². The van der Waals surface area contributed by atoms with Crippen LogP contribution in [-0.4, -0.2) is 33.1 Å². The van der Waals surface area contributed by atoms with Gasteiger partial charge < -0.3 is 10.2 Å². The molecule has 0 unspecified atom stereocenters. The van der Waals surface area contributed by atoms with E-state index in [1.54, 1.807) is 18.2 Å². The molecule has 1 aliphatic rings. The number of carboxylic acid groups (broad SMARTS) is 1. The molecule has 158 valence electrons. The van der Waals surface area contributed by atoms with Crippen molar-refractivity contribution >= 4 is 28.7 Å². The van der Waals surface area contributed by atoms with E-state index in [2.05, 4.69) is 0 Å². The van der Waals surface area contributed by atoms with Gasteiger partial charge in [0, 0.05) is 28.9 Å². The van der Waals surface area contributed by atoms with Crippen molar-refractivity contribution in [2.75, 3.05) is 0 Å². The fourth-order valence-corrected chi connectivity index (χ4v) is 3.67. The van der Waals surface area contributed by atoms with Crippen LogP contribution in [0.1, 0.15) is 42.9 Å². The van der Waals surface area contributed by atoms with Gasteiger partial charge in [0.25, 0.3) is 0 Å². The van der Waals surface area contributed by atoms with Gasteiger partial charge in [0.2, 0.25) is 0 Å². The maximum Gasteiger partial charge on any atom is 0.332 e. The minimum absolute atomic E-state index is 0.0738. The monoisotopic (exact) mass is 419 g/mol. The first-order valence-corrected chi connectivity index (χ1v) is 10.2. The molecular weight excluding hydrogens is 397 g/mol. The quantitative estimate of drug-likeness (QED) is 0.516. The Morgan fingerprint density at radius 2 is 1.84 bits per heavy atom. The zero-order valence-corrected chi connectivity index (χ0v) is 16.8. The molecule has 1 saturated carbocycles. The lowest BCUT2D eigenvalue weighted by molar-refractivity contribution is -0.147. The van der Waals surface area contributed by atoms with E-state index in [1.807, 2.05) is 24.3 Å². The number of hydrogen-bond acceptors (Lipinski definition) is 4. The Kier molecular flexibility index (Phi) is 5.91. The molecule has 5 nitrogen and oxygen atoms in total. The van der Waals surface area contributed by atoms with Crippen LogP contribution in [0.5, 0.6) is 0 Å². The maximum atomic E-state index is 13.6. The molecule has 2 N–H and O–H groups in total. The standard InChI is InChI=1S/C25H22FNO4/c26-17-9-7-15(8-10-17)23-19-3-1-2-4-21(19)27-24(16-5-6-16)20(23)13-11-18(28)12-14-22(29)25(30)31/h1-4,7-11,13,16,22,29H,5-6,12,14H2,(H,30,31)/b13-11+/t22-/m1/s1. The van der Waals surface area contributed by atoms with Gasteiger partial charge in [-0.3, -0.25) is 9.78 Å². The van der Waals surface area contributed by atoms with Gasteiger partial charge in [0.1, 0.15) is 5.82 Å². The molecule has 1 fully saturated rings. The van der Waals surface area contributed by atoms with Crippen molar-refractivity contribution in [3.8, 4) is 11.1 Å². The van der Waals surface area contributed by atoms with Crippen LogP contribution >= 0.6 is 0 Å². The van der Waals surface area contributed by atoms with E-state index in [-0.39, 0.29) is 24.4 Å². The van der Waals surface area contributed by atoms with Crippen LogP contribution in [0.3, 0.4) is 0 Å². The average Bonchev–Trinajstić information content (AvgIpc) is 3.61. The third kappa shape index (κ3) is 4.70. The molecule has 1 aliphatic carbocycles. The van der Waals surface area contributed by atoms with Gasteiger partial charge in [0.05, 0.1) is 11.2 Å². The molecule has 1 atom stereocenters. The summed E-state index contributed by atoms with van der Waals surface area (Å²) >= 11 is 0. The number of hydrogen-bond donors (Lipinski definition) is 2. The van der Waals surface area contributed by atoms with Gasteiger partial charge in [-0.05, 0) is 55.2 Å². The number of aliphatic hydroxyl groups is 1. The average molecular weight is 419 g/mol. The summed E-state index contributed by atoms with van der Waals surface area (Å²) in [6, 6.07) is 14.0. The number of para-hydroxylation sites is 1. The van der Waals surface area contributed by atoms with Crippen LogP contribution in [0.25, 0.3) is 28.1 Å². The van der Waals surface area contributed by atoms with Crippen LogP contribution in [0.2, 0.25) is 0 Å². The van der Waals surface area contributed by atoms with E-state index in [0.717, 1.165) is 46.1 Å². The lowest BCUT2D eigenvalue weighted by Gasteiger charge is -2.15. The summed E-state index contributed by atoms with van der Waals surface area (Å²) in [6.07, 6.45) is 3.41. The highest BCUT2D eigenvalue weighted by atomic mass is 19.1. The van der Waals surface area contributed by atoms with E-state index in [0.29, 0.717) is 5.92 Å². The van der Waals surface area contributed by atoms with Crippen molar-refractivity contribution in [2.24, 2.45) is 0 Å². The van der Waals surface area contributed by atoms with E-state index < -0.39 is 12.1 Å². The van der Waals surface area contributed by atoms with Crippen molar-refractivity contribution in [1.82, 2.24) is 4.98 Å². The number of allylic oxidation sites excluding steroid dienone is 1. The second-order valence-corrected chi connectivity index (χ2v) is 7.78. The maximum absolute atomic E-state index is 13.6. The minimum Gasteiger partial charge on any atom is -0.479 e. The summed E-state index contributed by atoms with van der Waals surface area (Å²) in [4.78, 5) is 28.0. The van der Waals surface area contributed by atoms with Crippen LogP contribution in [0, 0.1) is 5.82 Å². The third-order valence-electron chi connectivity index (χ3n) is 5.44. The van der Waals surface area contributed by atoms with Crippen molar-refractivity contribution in [1.29, 1.82) is 0 Å². The highest BCUT2D eigenvalue weighted by Crippen LogP contribution is 2.45. The number of aromatic nitrogens is 1. The summed E-state index contributed by atoms with van der Waals surface area (Å²) in [5, 5.41) is 19.1. The Balaban J connectivity index is 1.78. The summed E-state index contributed by atoms with van der Waals surface area (Å²) in [5.74, 6) is -1.63. The number of carbonyl (C=O) groups is 2. The van der Waals surface area contributed by atoms with Gasteiger partial charge in [-0.1, -0.05) is 30.3 Å². The molecule has 0 radical (unpaired) electrons. The Bertz CT molecular complexity index is 1170. The number of halogens is 1. The number of aliphatic carboxylic acids is 1. The van der Waals surface area contributed by atoms with Crippen LogP contribution in [0.15, 0.2) is 54.6 Å². The normalized spacial score (nSPS) is 14.8. The van der Waals surface area contributed by atoms with E-state index in [4.69, 9.17) is 10.1 Å². The third-order valence-corrected chi connectivity index (χ3v) is 5.44. The first-order chi connectivity index (χ1) is 14.9. The van der Waals surface area contributed by atoms with Crippen LogP contribution in [0.4, 0.5) is 4.39 Å². The Morgan fingerprint density at radius 3 is 2.52 bits per heavy atom. The SMILES string of the molecule is O=C(/C=C/c1c(C2CC2)nc2ccccc2c1-c1ccc(F)cc1)CC[C@@H](O)C(=O)O. The molecule has 6 heteroatoms. The largest absolute Gasteiger partial charge is 0.479 e. The molecule has 2 aromatic carbocycles. The molecule has 0 spiro atoms. The van der Waals surface area contributed by atoms with E-state index in [1.165, 1.54) is 18.2 Å². The molecule has 31 heavy (non-hydrogen) atoms. The molecule has 4 rings (SSSR count). The first-order valence-electron chi connectivity index (χ1n) is 10.2. The number of pyridine rings is 1. The number of carbonyl (C=O) groups excluding carboxylic acids is 1. The minimum atomic E-state index is -1.56. The lowest BCUT2D eigenvalue weighted by atomic mass is 9.92. The molecule has 0 aliphatic heterocycles. The first kappa shape index (κ1) is 20.9. The lowest BCUT2D eigenvalue weighted by Crippen LogP contribution is -2.20. The highest BCUT2D eigenvalue weighted by Gasteiger charge is 2.29. The van der Waals surface area contributed by atoms with Gasteiger partial charge in [-0.2, -0.15) is 0 Å². The number of carboxylic acids is 1. The van der Waals surface area contributed by atoms with Crippen molar-refractivity contribution in [3.05, 3.63) is 71.7 Å². The number of aliphatic hydroxyl groups excluding tert-OH is 1. The fraction of sp³-hybridized carbons (Fsp3) is 0.240. The van der Waals surface area contributed by atoms with Crippen molar-refractivity contribution in [3.63, 3.8) is 0 Å². The number of fused-ring (bicyclic) bond motifs is 1. The number of ketones is 1. The molecule has 3 aromatic rings. The second kappa shape index (κ2) is 8.78. The topological polar surface area (TPSA) is 87.5 Å². The highest BCUT2D eigenvalue weighted by molar-refractivity contribution is 6.02. The fourth-order valence-electron chi connectivity index (χ4n) is 3.67. The van der Waals surface area contributed by atoms with E-state index >= 15 is 0 Å². The molecule has 0 bridgehead atoms. The predicted octanol–water partition coefficient (Wildman–Crippen LogP) is 4.73. The summed E-state index contributed by atoms with van der Waals surface area (Å²) in [6.45, 7) is 0. The number of rotatable bonds is 8. The molecule has 1 aromatic heterocycles. The number of nitrogens with zero attached hydrogens (tertiary/aromatic N) is 1. The van der Waals surface area contributed by atoms with Gasteiger partial charge in [-0.15, -0.1) is 0 Å². The van der Waals surface area contributed by atoms with Crippen molar-refractivity contribution < 1.29 is 24.2 Å². The zero-order chi connectivity index (χ0) is 22.0. The van der Waals surface area contributed by atoms with Crippen LogP contribution < -0.4 is 0 Å². The Hall–Kier alpha value is -3.38. The molecular formula is C25H22FNO4. The van der Waals surface area contributed by atoms with Crippen LogP contribution in [-0.2, 0) is 9.59 Å². The second-order valence-electron chi connectivity index (χ2n) is 7.78. The smallest absolute Gasteiger partial charge is 0.332 e. The number of benzene rings is 2. The Morgan fingerprint density at radius 1 is 1.13 bits per heavy atom. The zero-order valence-electron chi connectivity index (χ0n) is 16.8. The Labute approximate surface area is 178 Å². The van der Waals surface area contributed by atoms with Gasteiger partial charge in [0.15, 0.2) is 11.9 Å². The summed E-state index contributed by atoms with van der Waals surface area (Å²) < 4.78 is 13.6. The summed E-state index contributed by atoms with van der Waals surface area (Å²) in [5.41, 5.74) is 4.29. The molecule has 0 saturated heterocycles. The van der Waals surface area contributed by atoms with E-state index in [9.17, 15) is 19.1 Å². The molecule has 0 amide bonds. The van der Waals surface area contributed by atoms with Gasteiger partial charge >= 0.3 is 5.97 Å². The summed E-state index contributed by atoms with van der Waals surface area (Å²) in [7, 11) is 0. The predicted molar refractivity (Wildman–Crippen MR) is 116 cm³/mol.